The number of hydrogen-bond donors (Lipinski definition) is 1. The van der Waals surface area contributed by atoms with Gasteiger partial charge in [0.1, 0.15) is 11.5 Å². The Bertz CT molecular complexity index is 700. The molecule has 0 amide bonds. The van der Waals surface area contributed by atoms with Crippen molar-refractivity contribution in [3.8, 4) is 17.2 Å². The van der Waals surface area contributed by atoms with Crippen LogP contribution in [0, 0.1) is 0 Å². The Kier molecular flexibility index (Phi) is 3.19. The molecule has 4 rings (SSSR count). The highest BCUT2D eigenvalue weighted by atomic mass is 16.5. The largest absolute Gasteiger partial charge is 0.497 e. The van der Waals surface area contributed by atoms with Gasteiger partial charge in [0.25, 0.3) is 0 Å². The summed E-state index contributed by atoms with van der Waals surface area (Å²) in [5, 5.41) is 10.6. The van der Waals surface area contributed by atoms with Crippen LogP contribution in [-0.2, 0) is 0 Å². The molecular weight excluding hydrogens is 278 g/mol. The minimum Gasteiger partial charge on any atom is -0.497 e. The van der Waals surface area contributed by atoms with Gasteiger partial charge in [-0.25, -0.2) is 0 Å². The SMILES string of the molecule is COc1ccc2c(c1)Oc1ccccc1N1CCC[C@@H](O)[C@H]21. The van der Waals surface area contributed by atoms with E-state index in [0.717, 1.165) is 47.9 Å². The van der Waals surface area contributed by atoms with Crippen LogP contribution in [0.25, 0.3) is 0 Å². The van der Waals surface area contributed by atoms with E-state index in [2.05, 4.69) is 11.0 Å². The number of benzene rings is 2. The van der Waals surface area contributed by atoms with E-state index in [9.17, 15) is 5.11 Å². The molecule has 0 unspecified atom stereocenters. The molecule has 2 atom stereocenters. The molecule has 0 bridgehead atoms. The number of piperidine rings is 1. The third-order valence-electron chi connectivity index (χ3n) is 4.53. The number of rotatable bonds is 1. The predicted molar refractivity (Wildman–Crippen MR) is 84.8 cm³/mol. The molecule has 0 aromatic heterocycles. The van der Waals surface area contributed by atoms with Crippen molar-refractivity contribution in [1.82, 2.24) is 0 Å². The van der Waals surface area contributed by atoms with Crippen LogP contribution in [-0.4, -0.2) is 24.9 Å². The Morgan fingerprint density at radius 2 is 2.05 bits per heavy atom. The van der Waals surface area contributed by atoms with Crippen molar-refractivity contribution >= 4 is 5.69 Å². The molecule has 2 aromatic rings. The van der Waals surface area contributed by atoms with Crippen molar-refractivity contribution in [2.45, 2.75) is 25.0 Å². The molecule has 2 aliphatic heterocycles. The molecule has 114 valence electrons. The van der Waals surface area contributed by atoms with Crippen molar-refractivity contribution in [3.05, 3.63) is 48.0 Å². The summed E-state index contributed by atoms with van der Waals surface area (Å²) in [6, 6.07) is 13.8. The van der Waals surface area contributed by atoms with Crippen LogP contribution in [0.2, 0.25) is 0 Å². The minimum absolute atomic E-state index is 0.0710. The van der Waals surface area contributed by atoms with Gasteiger partial charge in [0, 0.05) is 18.2 Å². The number of para-hydroxylation sites is 2. The van der Waals surface area contributed by atoms with Gasteiger partial charge in [-0.1, -0.05) is 12.1 Å². The standard InChI is InChI=1S/C18H19NO3/c1-21-12-8-9-13-17(11-12)22-16-7-3-2-5-14(16)19-10-4-6-15(20)18(13)19/h2-3,5,7-9,11,15,18,20H,4,6,10H2,1H3/t15-,18+/m1/s1. The van der Waals surface area contributed by atoms with Gasteiger partial charge in [-0.2, -0.15) is 0 Å². The Balaban J connectivity index is 1.92. The lowest BCUT2D eigenvalue weighted by molar-refractivity contribution is 0.113. The summed E-state index contributed by atoms with van der Waals surface area (Å²) >= 11 is 0. The van der Waals surface area contributed by atoms with Crippen LogP contribution >= 0.6 is 0 Å². The topological polar surface area (TPSA) is 41.9 Å². The number of aliphatic hydroxyl groups is 1. The Morgan fingerprint density at radius 1 is 1.18 bits per heavy atom. The Hall–Kier alpha value is -2.20. The molecule has 0 saturated carbocycles. The van der Waals surface area contributed by atoms with Gasteiger partial charge in [-0.05, 0) is 37.1 Å². The molecule has 2 aromatic carbocycles. The van der Waals surface area contributed by atoms with Crippen molar-refractivity contribution in [2.75, 3.05) is 18.6 Å². The quantitative estimate of drug-likeness (QED) is 0.874. The summed E-state index contributed by atoms with van der Waals surface area (Å²) in [7, 11) is 1.65. The van der Waals surface area contributed by atoms with E-state index in [0.29, 0.717) is 0 Å². The summed E-state index contributed by atoms with van der Waals surface area (Å²) in [5.41, 5.74) is 2.06. The van der Waals surface area contributed by atoms with E-state index in [-0.39, 0.29) is 6.04 Å². The maximum absolute atomic E-state index is 10.6. The molecule has 22 heavy (non-hydrogen) atoms. The highest BCUT2D eigenvalue weighted by Gasteiger charge is 2.37. The zero-order valence-electron chi connectivity index (χ0n) is 12.5. The smallest absolute Gasteiger partial charge is 0.150 e. The number of methoxy groups -OCH3 is 1. The molecule has 0 aliphatic carbocycles. The lowest BCUT2D eigenvalue weighted by Gasteiger charge is -2.39. The molecule has 0 spiro atoms. The van der Waals surface area contributed by atoms with Gasteiger partial charge in [0.2, 0.25) is 0 Å². The van der Waals surface area contributed by atoms with Crippen molar-refractivity contribution in [1.29, 1.82) is 0 Å². The summed E-state index contributed by atoms with van der Waals surface area (Å²) in [6.45, 7) is 0.924. The molecular formula is C18H19NO3. The predicted octanol–water partition coefficient (Wildman–Crippen LogP) is 3.50. The fourth-order valence-electron chi connectivity index (χ4n) is 3.49. The molecule has 4 heteroatoms. The zero-order chi connectivity index (χ0) is 15.1. The summed E-state index contributed by atoms with van der Waals surface area (Å²) in [4.78, 5) is 2.27. The average Bonchev–Trinajstić information content (AvgIpc) is 2.69. The van der Waals surface area contributed by atoms with E-state index in [1.165, 1.54) is 0 Å². The van der Waals surface area contributed by atoms with E-state index in [1.807, 2.05) is 36.4 Å². The second kappa shape index (κ2) is 5.21. The zero-order valence-corrected chi connectivity index (χ0v) is 12.5. The van der Waals surface area contributed by atoms with Crippen LogP contribution in [0.3, 0.4) is 0 Å². The monoisotopic (exact) mass is 297 g/mol. The normalized spacial score (nSPS) is 22.7. The average molecular weight is 297 g/mol. The Labute approximate surface area is 129 Å². The van der Waals surface area contributed by atoms with E-state index < -0.39 is 6.10 Å². The highest BCUT2D eigenvalue weighted by molar-refractivity contribution is 5.65. The first kappa shape index (κ1) is 13.5. The lowest BCUT2D eigenvalue weighted by Crippen LogP contribution is -2.41. The first-order valence-electron chi connectivity index (χ1n) is 7.67. The number of hydrogen-bond acceptors (Lipinski definition) is 4. The molecule has 2 heterocycles. The molecule has 1 fully saturated rings. The Morgan fingerprint density at radius 3 is 2.91 bits per heavy atom. The van der Waals surface area contributed by atoms with Gasteiger partial charge in [-0.3, -0.25) is 0 Å². The van der Waals surface area contributed by atoms with E-state index in [4.69, 9.17) is 9.47 Å². The number of nitrogens with zero attached hydrogens (tertiary/aromatic N) is 1. The van der Waals surface area contributed by atoms with Crippen molar-refractivity contribution < 1.29 is 14.6 Å². The number of ether oxygens (including phenoxy) is 2. The first-order chi connectivity index (χ1) is 10.8. The van der Waals surface area contributed by atoms with E-state index in [1.54, 1.807) is 7.11 Å². The summed E-state index contributed by atoms with van der Waals surface area (Å²) in [5.74, 6) is 2.35. The third-order valence-corrected chi connectivity index (χ3v) is 4.53. The fraction of sp³-hybridized carbons (Fsp3) is 0.333. The van der Waals surface area contributed by atoms with Gasteiger partial charge in [0.05, 0.1) is 24.9 Å². The van der Waals surface area contributed by atoms with Crippen molar-refractivity contribution in [3.63, 3.8) is 0 Å². The number of aliphatic hydroxyl groups excluding tert-OH is 1. The summed E-state index contributed by atoms with van der Waals surface area (Å²) in [6.07, 6.45) is 1.40. The van der Waals surface area contributed by atoms with Crippen LogP contribution in [0.5, 0.6) is 17.2 Å². The molecule has 1 N–H and O–H groups in total. The van der Waals surface area contributed by atoms with Crippen LogP contribution in [0.15, 0.2) is 42.5 Å². The molecule has 4 nitrogen and oxygen atoms in total. The number of fused-ring (bicyclic) bond motifs is 5. The van der Waals surface area contributed by atoms with Gasteiger partial charge < -0.3 is 19.5 Å². The van der Waals surface area contributed by atoms with Crippen molar-refractivity contribution in [2.24, 2.45) is 0 Å². The lowest BCUT2D eigenvalue weighted by atomic mass is 9.91. The summed E-state index contributed by atoms with van der Waals surface area (Å²) < 4.78 is 11.5. The second-order valence-electron chi connectivity index (χ2n) is 5.82. The molecule has 2 aliphatic rings. The highest BCUT2D eigenvalue weighted by Crippen LogP contribution is 2.48. The van der Waals surface area contributed by atoms with Gasteiger partial charge >= 0.3 is 0 Å². The van der Waals surface area contributed by atoms with Gasteiger partial charge in [-0.15, -0.1) is 0 Å². The van der Waals surface area contributed by atoms with Gasteiger partial charge in [0.15, 0.2) is 5.75 Å². The van der Waals surface area contributed by atoms with Crippen LogP contribution in [0.1, 0.15) is 24.4 Å². The number of anilines is 1. The third kappa shape index (κ3) is 2.03. The molecule has 1 saturated heterocycles. The van der Waals surface area contributed by atoms with Crippen LogP contribution in [0.4, 0.5) is 5.69 Å². The minimum atomic E-state index is -0.393. The second-order valence-corrected chi connectivity index (χ2v) is 5.82. The maximum Gasteiger partial charge on any atom is 0.150 e. The fourth-order valence-corrected chi connectivity index (χ4v) is 3.49. The maximum atomic E-state index is 10.6. The van der Waals surface area contributed by atoms with E-state index >= 15 is 0 Å². The molecule has 0 radical (unpaired) electrons. The van der Waals surface area contributed by atoms with Crippen LogP contribution < -0.4 is 14.4 Å². The first-order valence-corrected chi connectivity index (χ1v) is 7.67.